The van der Waals surface area contributed by atoms with E-state index in [9.17, 15) is 4.79 Å². The number of amides is 2. The van der Waals surface area contributed by atoms with E-state index in [2.05, 4.69) is 15.0 Å². The maximum atomic E-state index is 12.5. The summed E-state index contributed by atoms with van der Waals surface area (Å²) in [6.45, 7) is 6.16. The third kappa shape index (κ3) is 3.21. The lowest BCUT2D eigenvalue weighted by molar-refractivity contribution is 0.104. The Kier molecular flexibility index (Phi) is 4.34. The molecule has 0 bridgehead atoms. The third-order valence-corrected chi connectivity index (χ3v) is 4.98. The van der Waals surface area contributed by atoms with Crippen LogP contribution in [0.25, 0.3) is 5.65 Å². The van der Waals surface area contributed by atoms with Crippen LogP contribution in [0, 0.1) is 0 Å². The number of fused-ring (bicyclic) bond motifs is 1. The van der Waals surface area contributed by atoms with Gasteiger partial charge in [0.15, 0.2) is 5.65 Å². The van der Waals surface area contributed by atoms with Crippen LogP contribution in [0.5, 0.6) is 0 Å². The summed E-state index contributed by atoms with van der Waals surface area (Å²) in [6.07, 6.45) is 9.27. The Hall–Kier alpha value is -2.15. The second-order valence-electron chi connectivity index (χ2n) is 6.69. The fourth-order valence-electron chi connectivity index (χ4n) is 3.57. The molecule has 24 heavy (non-hydrogen) atoms. The van der Waals surface area contributed by atoms with Crippen molar-refractivity contribution < 1.29 is 4.79 Å². The van der Waals surface area contributed by atoms with Crippen LogP contribution in [0.15, 0.2) is 24.7 Å². The predicted molar refractivity (Wildman–Crippen MR) is 90.7 cm³/mol. The number of carbonyl (C=O) groups excluding carboxylic acids is 1. The van der Waals surface area contributed by atoms with E-state index in [0.29, 0.717) is 0 Å². The summed E-state index contributed by atoms with van der Waals surface area (Å²) in [6, 6.07) is 2.13. The summed E-state index contributed by atoms with van der Waals surface area (Å²) < 4.78 is 1.81. The molecule has 2 fully saturated rings. The highest BCUT2D eigenvalue weighted by atomic mass is 16.2. The molecule has 4 rings (SSSR count). The van der Waals surface area contributed by atoms with Crippen molar-refractivity contribution in [1.29, 1.82) is 0 Å². The molecule has 2 aromatic rings. The maximum absolute atomic E-state index is 12.5. The highest BCUT2D eigenvalue weighted by Gasteiger charge is 2.26. The normalized spacial score (nSPS) is 19.8. The van der Waals surface area contributed by atoms with Gasteiger partial charge in [0.1, 0.15) is 0 Å². The molecule has 0 atom stereocenters. The van der Waals surface area contributed by atoms with Gasteiger partial charge >= 0.3 is 6.03 Å². The van der Waals surface area contributed by atoms with Crippen molar-refractivity contribution in [3.8, 4) is 0 Å². The number of piperidine rings is 1. The number of nitrogens with zero attached hydrogens (tertiary/aromatic N) is 6. The molecule has 2 aromatic heterocycles. The molecule has 0 saturated carbocycles. The van der Waals surface area contributed by atoms with Crippen LogP contribution >= 0.6 is 0 Å². The fourth-order valence-corrected chi connectivity index (χ4v) is 3.57. The molecule has 128 valence electrons. The molecule has 2 amide bonds. The lowest BCUT2D eigenvalue weighted by Gasteiger charge is -2.38. The monoisotopic (exact) mass is 328 g/mol. The topological polar surface area (TPSA) is 57.0 Å². The second kappa shape index (κ2) is 6.76. The van der Waals surface area contributed by atoms with Gasteiger partial charge in [0, 0.05) is 69.8 Å². The Morgan fingerprint density at radius 1 is 1.00 bits per heavy atom. The molecule has 2 aliphatic heterocycles. The van der Waals surface area contributed by atoms with Gasteiger partial charge in [-0.2, -0.15) is 5.10 Å². The zero-order valence-electron chi connectivity index (χ0n) is 14.0. The maximum Gasteiger partial charge on any atom is 0.320 e. The first kappa shape index (κ1) is 15.4. The van der Waals surface area contributed by atoms with Crippen molar-refractivity contribution in [3.63, 3.8) is 0 Å². The molecule has 0 N–H and O–H groups in total. The highest BCUT2D eigenvalue weighted by Crippen LogP contribution is 2.14. The van der Waals surface area contributed by atoms with Gasteiger partial charge in [-0.05, 0) is 19.3 Å². The average molecular weight is 328 g/mol. The molecule has 7 heteroatoms. The van der Waals surface area contributed by atoms with Crippen molar-refractivity contribution in [2.45, 2.75) is 25.8 Å². The number of hydrogen-bond acceptors (Lipinski definition) is 4. The first-order chi connectivity index (χ1) is 11.8. The van der Waals surface area contributed by atoms with Crippen LogP contribution in [-0.2, 0) is 6.54 Å². The molecule has 7 nitrogen and oxygen atoms in total. The number of carbonyl (C=O) groups is 1. The number of likely N-dealkylation sites (tertiary alicyclic amines) is 1. The predicted octanol–water partition coefficient (Wildman–Crippen LogP) is 1.45. The molecular weight excluding hydrogens is 304 g/mol. The molecule has 0 spiro atoms. The van der Waals surface area contributed by atoms with Gasteiger partial charge in [0.05, 0.1) is 6.20 Å². The van der Waals surface area contributed by atoms with E-state index >= 15 is 0 Å². The summed E-state index contributed by atoms with van der Waals surface area (Å²) in [5, 5.41) is 4.24. The molecule has 0 radical (unpaired) electrons. The molecule has 2 aliphatic rings. The minimum absolute atomic E-state index is 0.231. The van der Waals surface area contributed by atoms with Crippen LogP contribution in [-0.4, -0.2) is 74.6 Å². The summed E-state index contributed by atoms with van der Waals surface area (Å²) in [5.41, 5.74) is 2.03. The Balaban J connectivity index is 1.31. The van der Waals surface area contributed by atoms with Crippen LogP contribution < -0.4 is 0 Å². The van der Waals surface area contributed by atoms with E-state index in [4.69, 9.17) is 0 Å². The zero-order valence-corrected chi connectivity index (χ0v) is 14.0. The van der Waals surface area contributed by atoms with Gasteiger partial charge < -0.3 is 9.80 Å². The molecule has 0 aromatic carbocycles. The average Bonchev–Trinajstić information content (AvgIpc) is 3.10. The van der Waals surface area contributed by atoms with Gasteiger partial charge in [-0.25, -0.2) is 14.3 Å². The third-order valence-electron chi connectivity index (χ3n) is 4.98. The van der Waals surface area contributed by atoms with Gasteiger partial charge in [0.25, 0.3) is 0 Å². The van der Waals surface area contributed by atoms with Crippen LogP contribution in [0.1, 0.15) is 24.8 Å². The first-order valence-corrected chi connectivity index (χ1v) is 8.84. The fraction of sp³-hybridized carbons (Fsp3) is 0.588. The first-order valence-electron chi connectivity index (χ1n) is 8.84. The van der Waals surface area contributed by atoms with Crippen LogP contribution in [0.4, 0.5) is 4.79 Å². The van der Waals surface area contributed by atoms with Crippen molar-refractivity contribution in [3.05, 3.63) is 30.2 Å². The SMILES string of the molecule is O=C(N1CCCCC1)N1CCN(Cc2cnc3ccnn3c2)CC1. The van der Waals surface area contributed by atoms with E-state index in [1.165, 1.54) is 6.42 Å². The number of rotatable bonds is 2. The minimum Gasteiger partial charge on any atom is -0.325 e. The van der Waals surface area contributed by atoms with Crippen molar-refractivity contribution in [1.82, 2.24) is 29.3 Å². The van der Waals surface area contributed by atoms with Gasteiger partial charge in [-0.1, -0.05) is 0 Å². The summed E-state index contributed by atoms with van der Waals surface area (Å²) in [4.78, 5) is 23.4. The standard InChI is InChI=1S/C17H24N6O/c24-17(21-6-2-1-3-7-21)22-10-8-20(9-11-22)13-15-12-18-16-4-5-19-23(16)14-15/h4-5,12,14H,1-3,6-11,13H2. The second-order valence-corrected chi connectivity index (χ2v) is 6.69. The number of hydrogen-bond donors (Lipinski definition) is 0. The minimum atomic E-state index is 0.231. The largest absolute Gasteiger partial charge is 0.325 e. The van der Waals surface area contributed by atoms with Gasteiger partial charge in [-0.3, -0.25) is 4.90 Å². The lowest BCUT2D eigenvalue weighted by Crippen LogP contribution is -2.53. The molecule has 4 heterocycles. The van der Waals surface area contributed by atoms with Crippen LogP contribution in [0.2, 0.25) is 0 Å². The highest BCUT2D eigenvalue weighted by molar-refractivity contribution is 5.74. The van der Waals surface area contributed by atoms with E-state index < -0.39 is 0 Å². The Bertz CT molecular complexity index is 700. The smallest absolute Gasteiger partial charge is 0.320 e. The van der Waals surface area contributed by atoms with E-state index in [1.54, 1.807) is 6.20 Å². The molecule has 0 aliphatic carbocycles. The van der Waals surface area contributed by atoms with E-state index in [1.807, 2.05) is 32.8 Å². The summed E-state index contributed by atoms with van der Waals surface area (Å²) in [5.74, 6) is 0. The summed E-state index contributed by atoms with van der Waals surface area (Å²) >= 11 is 0. The molecule has 0 unspecified atom stereocenters. The summed E-state index contributed by atoms with van der Waals surface area (Å²) in [7, 11) is 0. The van der Waals surface area contributed by atoms with Crippen LogP contribution in [0.3, 0.4) is 0 Å². The van der Waals surface area contributed by atoms with E-state index in [-0.39, 0.29) is 6.03 Å². The lowest BCUT2D eigenvalue weighted by atomic mass is 10.1. The van der Waals surface area contributed by atoms with Crippen molar-refractivity contribution in [2.24, 2.45) is 0 Å². The quantitative estimate of drug-likeness (QED) is 0.837. The van der Waals surface area contributed by atoms with Crippen molar-refractivity contribution >= 4 is 11.7 Å². The Labute approximate surface area is 141 Å². The number of piperazine rings is 1. The Morgan fingerprint density at radius 2 is 1.75 bits per heavy atom. The zero-order chi connectivity index (χ0) is 16.4. The molecule has 2 saturated heterocycles. The number of aromatic nitrogens is 3. The number of urea groups is 1. The molecular formula is C17H24N6O. The van der Waals surface area contributed by atoms with Crippen molar-refractivity contribution in [2.75, 3.05) is 39.3 Å². The van der Waals surface area contributed by atoms with E-state index in [0.717, 1.165) is 69.9 Å². The Morgan fingerprint density at radius 3 is 2.54 bits per heavy atom. The van der Waals surface area contributed by atoms with Gasteiger partial charge in [0.2, 0.25) is 0 Å². The van der Waals surface area contributed by atoms with Gasteiger partial charge in [-0.15, -0.1) is 0 Å².